The van der Waals surface area contributed by atoms with Crippen molar-refractivity contribution >= 4 is 33.4 Å². The van der Waals surface area contributed by atoms with Crippen LogP contribution in [0, 0.1) is 17.8 Å². The molecule has 2 aromatic carbocycles. The van der Waals surface area contributed by atoms with Crippen molar-refractivity contribution in [2.75, 3.05) is 31.1 Å². The Bertz CT molecular complexity index is 1590. The molecule has 5 atom stereocenters. The molecule has 1 heterocycles. The number of halogens is 1. The van der Waals surface area contributed by atoms with Crippen molar-refractivity contribution in [1.29, 1.82) is 0 Å². The number of hydrogen-bond donors (Lipinski definition) is 2. The van der Waals surface area contributed by atoms with Crippen LogP contribution in [0.3, 0.4) is 0 Å². The fourth-order valence-electron chi connectivity index (χ4n) is 7.65. The van der Waals surface area contributed by atoms with Crippen LogP contribution in [0.4, 0.5) is 5.69 Å². The minimum absolute atomic E-state index is 0.116. The molecule has 2 unspecified atom stereocenters. The van der Waals surface area contributed by atoms with Crippen LogP contribution in [0.1, 0.15) is 73.4 Å². The highest BCUT2D eigenvalue weighted by molar-refractivity contribution is 7.87. The SMILES string of the molecule is C=CCC(C)N(CC1CC1)S(=O)(=O)NC(=O)c1ccc2c(c1)N(C[C@@H]1CC[C@H]1C(O)C=C)C[C@@]1(CCCc3cc(Cl)ccc31)CO2. The molecule has 0 bridgehead atoms. The number of fused-ring (bicyclic) bond motifs is 3. The molecule has 4 aliphatic rings. The van der Waals surface area contributed by atoms with Gasteiger partial charge in [-0.05, 0) is 118 Å². The van der Waals surface area contributed by atoms with Gasteiger partial charge in [0.05, 0.1) is 18.4 Å². The number of rotatable bonds is 12. The van der Waals surface area contributed by atoms with E-state index in [-0.39, 0.29) is 28.9 Å². The van der Waals surface area contributed by atoms with Gasteiger partial charge in [-0.2, -0.15) is 12.7 Å². The topological polar surface area (TPSA) is 99.2 Å². The lowest BCUT2D eigenvalue weighted by molar-refractivity contribution is 0.0460. The van der Waals surface area contributed by atoms with Gasteiger partial charge in [-0.1, -0.05) is 29.8 Å². The number of aliphatic hydroxyl groups excluding tert-OH is 1. The van der Waals surface area contributed by atoms with E-state index in [2.05, 4.69) is 34.9 Å². The summed E-state index contributed by atoms with van der Waals surface area (Å²) in [6.07, 6.45) is 10.1. The predicted octanol–water partition coefficient (Wildman–Crippen LogP) is 6.04. The molecule has 1 aliphatic heterocycles. The number of nitrogens with zero attached hydrogens (tertiary/aromatic N) is 2. The van der Waals surface area contributed by atoms with E-state index in [4.69, 9.17) is 16.3 Å². The molecule has 8 nitrogen and oxygen atoms in total. The number of nitrogens with one attached hydrogen (secondary N) is 1. The molecule has 1 spiro atoms. The molecule has 0 saturated heterocycles. The van der Waals surface area contributed by atoms with Crippen molar-refractivity contribution in [3.63, 3.8) is 0 Å². The van der Waals surface area contributed by atoms with E-state index in [0.717, 1.165) is 55.7 Å². The number of aryl methyl sites for hydroxylation is 1. The number of carbonyl (C=O) groups is 1. The minimum atomic E-state index is -4.09. The lowest BCUT2D eigenvalue weighted by Crippen LogP contribution is -2.49. The average Bonchev–Trinajstić information content (AvgIpc) is 3.85. The molecule has 2 N–H and O–H groups in total. The Morgan fingerprint density at radius 2 is 2.02 bits per heavy atom. The van der Waals surface area contributed by atoms with Crippen LogP contribution in [0.5, 0.6) is 5.75 Å². The Labute approximate surface area is 278 Å². The fraction of sp³-hybridized carbons (Fsp3) is 0.528. The highest BCUT2D eigenvalue weighted by Gasteiger charge is 2.44. The number of anilines is 1. The highest BCUT2D eigenvalue weighted by atomic mass is 35.5. The molecule has 10 heteroatoms. The number of benzene rings is 2. The van der Waals surface area contributed by atoms with Gasteiger partial charge >= 0.3 is 10.2 Å². The summed E-state index contributed by atoms with van der Waals surface area (Å²) in [5.74, 6) is 0.664. The van der Waals surface area contributed by atoms with Crippen LogP contribution in [0.25, 0.3) is 0 Å². The van der Waals surface area contributed by atoms with Crippen molar-refractivity contribution in [1.82, 2.24) is 9.03 Å². The first-order valence-corrected chi connectivity index (χ1v) is 18.4. The standard InChI is InChI=1S/C36H46ClN3O5S/c1-4-7-24(3)40(20-25-9-10-25)46(43,44)38-35(42)27-12-16-34-32(19-27)39(21-28-11-14-30(28)33(41)5-2)22-36(23-45-34)17-6-8-26-18-29(37)13-15-31(26)36/h4-5,12-13,15-16,18-19,24-25,28,30,33,41H,1-2,6-11,14,17,20-23H2,3H3,(H,38,42)/t24?,28-,30+,33?,36-/m0/s1. The Kier molecular flexibility index (Phi) is 9.59. The maximum atomic E-state index is 13.6. The quantitative estimate of drug-likeness (QED) is 0.268. The lowest BCUT2D eigenvalue weighted by Gasteiger charge is -2.45. The summed E-state index contributed by atoms with van der Waals surface area (Å²) in [6.45, 7) is 11.6. The van der Waals surface area contributed by atoms with Gasteiger partial charge in [0, 0.05) is 41.7 Å². The second-order valence-electron chi connectivity index (χ2n) is 13.8. The first-order valence-electron chi connectivity index (χ1n) is 16.6. The Morgan fingerprint density at radius 1 is 1.22 bits per heavy atom. The van der Waals surface area contributed by atoms with Gasteiger partial charge < -0.3 is 14.7 Å². The maximum Gasteiger partial charge on any atom is 0.304 e. The van der Waals surface area contributed by atoms with Crippen molar-refractivity contribution in [2.45, 2.75) is 75.9 Å². The third-order valence-electron chi connectivity index (χ3n) is 10.6. The molecule has 6 rings (SSSR count). The summed E-state index contributed by atoms with van der Waals surface area (Å²) in [6, 6.07) is 11.0. The molecule has 1 amide bonds. The van der Waals surface area contributed by atoms with E-state index in [0.29, 0.717) is 44.3 Å². The molecular weight excluding hydrogens is 622 g/mol. The lowest BCUT2D eigenvalue weighted by atomic mass is 9.68. The molecule has 3 aliphatic carbocycles. The minimum Gasteiger partial charge on any atom is -0.490 e. The van der Waals surface area contributed by atoms with Gasteiger partial charge in [0.15, 0.2) is 0 Å². The zero-order chi connectivity index (χ0) is 32.6. The van der Waals surface area contributed by atoms with Crippen molar-refractivity contribution < 1.29 is 23.1 Å². The zero-order valence-electron chi connectivity index (χ0n) is 26.7. The van der Waals surface area contributed by atoms with Gasteiger partial charge in [0.2, 0.25) is 0 Å². The van der Waals surface area contributed by atoms with Gasteiger partial charge in [0.1, 0.15) is 5.75 Å². The van der Waals surface area contributed by atoms with Crippen LogP contribution in [-0.2, 0) is 22.0 Å². The maximum absolute atomic E-state index is 13.6. The molecule has 2 saturated carbocycles. The number of hydrogen-bond acceptors (Lipinski definition) is 6. The van der Waals surface area contributed by atoms with E-state index in [1.54, 1.807) is 30.4 Å². The van der Waals surface area contributed by atoms with E-state index in [9.17, 15) is 18.3 Å². The molecule has 46 heavy (non-hydrogen) atoms. The van der Waals surface area contributed by atoms with E-state index < -0.39 is 22.2 Å². The van der Waals surface area contributed by atoms with Crippen LogP contribution < -0.4 is 14.4 Å². The zero-order valence-corrected chi connectivity index (χ0v) is 28.2. The molecule has 248 valence electrons. The van der Waals surface area contributed by atoms with Crippen molar-refractivity contribution in [3.8, 4) is 5.75 Å². The van der Waals surface area contributed by atoms with Crippen LogP contribution >= 0.6 is 11.6 Å². The second kappa shape index (κ2) is 13.3. The van der Waals surface area contributed by atoms with Gasteiger partial charge in [-0.25, -0.2) is 4.72 Å². The number of ether oxygens (including phenoxy) is 1. The first kappa shape index (κ1) is 33.1. The number of amides is 1. The molecule has 2 aromatic rings. The largest absolute Gasteiger partial charge is 0.490 e. The predicted molar refractivity (Wildman–Crippen MR) is 183 cm³/mol. The highest BCUT2D eigenvalue weighted by Crippen LogP contribution is 2.46. The Morgan fingerprint density at radius 3 is 2.72 bits per heavy atom. The van der Waals surface area contributed by atoms with Crippen LogP contribution in [0.15, 0.2) is 61.7 Å². The van der Waals surface area contributed by atoms with Gasteiger partial charge in [-0.3, -0.25) is 4.79 Å². The smallest absolute Gasteiger partial charge is 0.304 e. The summed E-state index contributed by atoms with van der Waals surface area (Å²) in [4.78, 5) is 15.9. The van der Waals surface area contributed by atoms with E-state index in [1.807, 2.05) is 13.0 Å². The number of aliphatic hydroxyl groups is 1. The summed E-state index contributed by atoms with van der Waals surface area (Å²) in [5, 5.41) is 11.4. The normalized spacial score (nSPS) is 25.3. The third kappa shape index (κ3) is 6.75. The van der Waals surface area contributed by atoms with Crippen molar-refractivity contribution in [2.24, 2.45) is 17.8 Å². The average molecular weight is 668 g/mol. The summed E-state index contributed by atoms with van der Waals surface area (Å²) in [7, 11) is -4.09. The Balaban J connectivity index is 1.32. The van der Waals surface area contributed by atoms with Crippen LogP contribution in [0.2, 0.25) is 5.02 Å². The summed E-state index contributed by atoms with van der Waals surface area (Å²) < 4.78 is 37.4. The monoisotopic (exact) mass is 667 g/mol. The Hall–Kier alpha value is -2.85. The number of carbonyl (C=O) groups excluding carboxylic acids is 1. The molecular formula is C36H46ClN3O5S. The van der Waals surface area contributed by atoms with E-state index in [1.165, 1.54) is 15.4 Å². The fourth-order valence-corrected chi connectivity index (χ4v) is 9.28. The second-order valence-corrected chi connectivity index (χ2v) is 15.9. The molecule has 0 radical (unpaired) electrons. The summed E-state index contributed by atoms with van der Waals surface area (Å²) >= 11 is 6.40. The van der Waals surface area contributed by atoms with Gasteiger partial charge in [-0.15, -0.1) is 13.2 Å². The molecule has 0 aromatic heterocycles. The van der Waals surface area contributed by atoms with Crippen molar-refractivity contribution in [3.05, 3.63) is 83.4 Å². The summed E-state index contributed by atoms with van der Waals surface area (Å²) in [5.41, 5.74) is 3.21. The van der Waals surface area contributed by atoms with E-state index >= 15 is 0 Å². The van der Waals surface area contributed by atoms with Gasteiger partial charge in [0.25, 0.3) is 5.91 Å². The van der Waals surface area contributed by atoms with Crippen LogP contribution in [-0.4, -0.2) is 62.1 Å². The first-order chi connectivity index (χ1) is 22.0. The molecule has 2 fully saturated rings. The third-order valence-corrected chi connectivity index (χ3v) is 12.4.